The van der Waals surface area contributed by atoms with Gasteiger partial charge in [-0.1, -0.05) is 60.7 Å². The number of hydrogen-bond acceptors (Lipinski definition) is 6. The third-order valence-corrected chi connectivity index (χ3v) is 6.90. The quantitative estimate of drug-likeness (QED) is 0.205. The van der Waals surface area contributed by atoms with Crippen LogP contribution < -0.4 is 10.6 Å². The molecule has 0 aliphatic rings. The molecule has 0 bridgehead atoms. The first-order valence-electron chi connectivity index (χ1n) is 13.2. The molecular formula is C33H30N6O. The van der Waals surface area contributed by atoms with Crippen LogP contribution >= 0.6 is 0 Å². The van der Waals surface area contributed by atoms with E-state index >= 15 is 0 Å². The molecule has 0 spiro atoms. The highest BCUT2D eigenvalue weighted by molar-refractivity contribution is 5.93. The Morgan fingerprint density at radius 3 is 2.42 bits per heavy atom. The Balaban J connectivity index is 1.23. The molecule has 7 nitrogen and oxygen atoms in total. The van der Waals surface area contributed by atoms with E-state index in [9.17, 15) is 0 Å². The summed E-state index contributed by atoms with van der Waals surface area (Å²) in [5.41, 5.74) is 8.18. The van der Waals surface area contributed by atoms with Crippen LogP contribution in [0.15, 0.2) is 116 Å². The van der Waals surface area contributed by atoms with Gasteiger partial charge in [0.15, 0.2) is 0 Å². The molecule has 6 rings (SSSR count). The van der Waals surface area contributed by atoms with Crippen molar-refractivity contribution >= 4 is 28.2 Å². The number of nitrogens with one attached hydrogen (secondary N) is 2. The maximum Gasteiger partial charge on any atom is 0.228 e. The number of aromatic nitrogens is 4. The molecule has 0 aliphatic carbocycles. The predicted octanol–water partition coefficient (Wildman–Crippen LogP) is 7.33. The predicted molar refractivity (Wildman–Crippen MR) is 161 cm³/mol. The maximum absolute atomic E-state index is 5.56. The van der Waals surface area contributed by atoms with Crippen LogP contribution in [0.4, 0.5) is 17.3 Å². The molecule has 2 heterocycles. The van der Waals surface area contributed by atoms with Gasteiger partial charge in [-0.2, -0.15) is 0 Å². The molecule has 40 heavy (non-hydrogen) atoms. The number of hydrogen-bond donors (Lipinski definition) is 2. The van der Waals surface area contributed by atoms with E-state index in [1.54, 1.807) is 19.6 Å². The number of para-hydroxylation sites is 1. The van der Waals surface area contributed by atoms with E-state index in [-0.39, 0.29) is 6.04 Å². The standard InChI is InChI=1S/C33H30N6O/c1-23-20-27(39-19-18-34-22-39)16-17-29(23)36-31(21-40-2)24-12-14-26(15-13-24)35-33-37-30-11-7-6-10-28(30)32(38-33)25-8-4-3-5-9-25/h3-20,22,31,36H,21H2,1-2H3,(H,35,37,38). The highest BCUT2D eigenvalue weighted by atomic mass is 16.5. The van der Waals surface area contributed by atoms with Crippen molar-refractivity contribution in [2.45, 2.75) is 13.0 Å². The lowest BCUT2D eigenvalue weighted by molar-refractivity contribution is 0.186. The summed E-state index contributed by atoms with van der Waals surface area (Å²) in [5.74, 6) is 0.561. The summed E-state index contributed by atoms with van der Waals surface area (Å²) >= 11 is 0. The van der Waals surface area contributed by atoms with Crippen molar-refractivity contribution in [2.75, 3.05) is 24.4 Å². The minimum atomic E-state index is -0.0153. The Hall–Kier alpha value is -5.01. The molecule has 198 valence electrons. The van der Waals surface area contributed by atoms with Crippen LogP contribution in [0, 0.1) is 6.92 Å². The molecule has 0 saturated heterocycles. The van der Waals surface area contributed by atoms with Crippen molar-refractivity contribution in [2.24, 2.45) is 0 Å². The van der Waals surface area contributed by atoms with Crippen molar-refractivity contribution < 1.29 is 4.74 Å². The van der Waals surface area contributed by atoms with Crippen LogP contribution in [-0.4, -0.2) is 33.2 Å². The molecule has 4 aromatic carbocycles. The van der Waals surface area contributed by atoms with Crippen LogP contribution in [0.2, 0.25) is 0 Å². The zero-order valence-corrected chi connectivity index (χ0v) is 22.5. The van der Waals surface area contributed by atoms with E-state index in [0.29, 0.717) is 12.6 Å². The number of fused-ring (bicyclic) bond motifs is 1. The Bertz CT molecular complexity index is 1720. The number of ether oxygens (including phenoxy) is 1. The topological polar surface area (TPSA) is 76.9 Å². The lowest BCUT2D eigenvalue weighted by Gasteiger charge is -2.22. The van der Waals surface area contributed by atoms with Gasteiger partial charge in [0, 0.05) is 47.5 Å². The number of methoxy groups -OCH3 is 1. The zero-order valence-electron chi connectivity index (χ0n) is 22.5. The Morgan fingerprint density at radius 2 is 1.68 bits per heavy atom. The lowest BCUT2D eigenvalue weighted by Crippen LogP contribution is -2.17. The molecule has 0 amide bonds. The molecule has 1 unspecified atom stereocenters. The molecule has 0 radical (unpaired) electrons. The molecule has 7 heteroatoms. The minimum absolute atomic E-state index is 0.0153. The van der Waals surface area contributed by atoms with Crippen molar-refractivity contribution in [1.29, 1.82) is 0 Å². The number of rotatable bonds is 9. The average molecular weight is 527 g/mol. The molecule has 0 fully saturated rings. The summed E-state index contributed by atoms with van der Waals surface area (Å²) < 4.78 is 7.56. The van der Waals surface area contributed by atoms with Crippen molar-refractivity contribution in [3.8, 4) is 16.9 Å². The van der Waals surface area contributed by atoms with Crippen molar-refractivity contribution in [1.82, 2.24) is 19.5 Å². The number of nitrogens with zero attached hydrogens (tertiary/aromatic N) is 4. The number of benzene rings is 4. The smallest absolute Gasteiger partial charge is 0.228 e. The van der Waals surface area contributed by atoms with Crippen LogP contribution in [0.25, 0.3) is 27.8 Å². The second kappa shape index (κ2) is 11.4. The maximum atomic E-state index is 5.56. The van der Waals surface area contributed by atoms with Gasteiger partial charge >= 0.3 is 0 Å². The van der Waals surface area contributed by atoms with Gasteiger partial charge in [0.1, 0.15) is 0 Å². The molecule has 2 N–H and O–H groups in total. The largest absolute Gasteiger partial charge is 0.382 e. The first-order valence-corrected chi connectivity index (χ1v) is 13.2. The van der Waals surface area contributed by atoms with Gasteiger partial charge < -0.3 is 19.9 Å². The third kappa shape index (κ3) is 5.41. The van der Waals surface area contributed by atoms with E-state index in [1.807, 2.05) is 47.2 Å². The number of anilines is 3. The van der Waals surface area contributed by atoms with Gasteiger partial charge in [-0.15, -0.1) is 0 Å². The molecule has 1 atom stereocenters. The van der Waals surface area contributed by atoms with Crippen LogP contribution in [0.1, 0.15) is 17.2 Å². The zero-order chi connectivity index (χ0) is 27.3. The van der Waals surface area contributed by atoms with E-state index in [2.05, 4.69) is 83.2 Å². The van der Waals surface area contributed by atoms with Crippen LogP contribution in [0.5, 0.6) is 0 Å². The van der Waals surface area contributed by atoms with Crippen molar-refractivity contribution in [3.63, 3.8) is 0 Å². The van der Waals surface area contributed by atoms with E-state index in [4.69, 9.17) is 14.7 Å². The van der Waals surface area contributed by atoms with Gasteiger partial charge in [-0.05, 0) is 54.4 Å². The van der Waals surface area contributed by atoms with E-state index in [1.165, 1.54) is 0 Å². The molecule has 0 aliphatic heterocycles. The fraction of sp³-hybridized carbons (Fsp3) is 0.121. The number of aryl methyl sites for hydroxylation is 1. The summed E-state index contributed by atoms with van der Waals surface area (Å²) in [6, 6.07) is 32.9. The normalized spacial score (nSPS) is 11.8. The monoisotopic (exact) mass is 526 g/mol. The third-order valence-electron chi connectivity index (χ3n) is 6.90. The van der Waals surface area contributed by atoms with Gasteiger partial charge in [0.2, 0.25) is 5.95 Å². The van der Waals surface area contributed by atoms with E-state index < -0.39 is 0 Å². The average Bonchev–Trinajstić information content (AvgIpc) is 3.54. The van der Waals surface area contributed by atoms with Gasteiger partial charge in [0.25, 0.3) is 0 Å². The Morgan fingerprint density at radius 1 is 0.875 bits per heavy atom. The summed E-state index contributed by atoms with van der Waals surface area (Å²) in [5, 5.41) is 8.08. The van der Waals surface area contributed by atoms with Crippen molar-refractivity contribution in [3.05, 3.63) is 127 Å². The fourth-order valence-electron chi connectivity index (χ4n) is 4.83. The van der Waals surface area contributed by atoms with E-state index in [0.717, 1.165) is 50.3 Å². The fourth-order valence-corrected chi connectivity index (χ4v) is 4.83. The summed E-state index contributed by atoms with van der Waals surface area (Å²) in [4.78, 5) is 13.8. The minimum Gasteiger partial charge on any atom is -0.382 e. The van der Waals surface area contributed by atoms with Gasteiger partial charge in [0.05, 0.1) is 30.2 Å². The summed E-state index contributed by atoms with van der Waals surface area (Å²) in [6.07, 6.45) is 5.52. The van der Waals surface area contributed by atoms with Gasteiger partial charge in [-0.3, -0.25) is 0 Å². The highest BCUT2D eigenvalue weighted by Crippen LogP contribution is 2.29. The summed E-state index contributed by atoms with van der Waals surface area (Å²) in [7, 11) is 1.72. The lowest BCUT2D eigenvalue weighted by atomic mass is 10.1. The summed E-state index contributed by atoms with van der Waals surface area (Å²) in [6.45, 7) is 2.64. The molecule has 6 aromatic rings. The first-order chi connectivity index (χ1) is 19.7. The van der Waals surface area contributed by atoms with Gasteiger partial charge in [-0.25, -0.2) is 15.0 Å². The molecular weight excluding hydrogens is 496 g/mol. The molecule has 2 aromatic heterocycles. The van der Waals surface area contributed by atoms with Crippen LogP contribution in [-0.2, 0) is 4.74 Å². The van der Waals surface area contributed by atoms with Crippen LogP contribution in [0.3, 0.4) is 0 Å². The number of imidazole rings is 1. The highest BCUT2D eigenvalue weighted by Gasteiger charge is 2.14. The second-order valence-electron chi connectivity index (χ2n) is 9.65. The second-order valence-corrected chi connectivity index (χ2v) is 9.65. The Labute approximate surface area is 233 Å². The Kier molecular flexibility index (Phi) is 7.20. The SMILES string of the molecule is COCC(Nc1ccc(-n2ccnc2)cc1C)c1ccc(Nc2nc(-c3ccccc3)c3ccccc3n2)cc1. The first kappa shape index (κ1) is 25.3. The molecule has 0 saturated carbocycles.